The number of amides is 2. The number of carbonyl (C=O) groups excluding carboxylic acids is 2. The molecule has 10 heteroatoms. The Bertz CT molecular complexity index is 1170. The van der Waals surface area contributed by atoms with E-state index in [-0.39, 0.29) is 24.3 Å². The van der Waals surface area contributed by atoms with Crippen LogP contribution in [0, 0.1) is 5.92 Å². The predicted molar refractivity (Wildman–Crippen MR) is 99.5 cm³/mol. The van der Waals surface area contributed by atoms with Crippen molar-refractivity contribution in [2.45, 2.75) is 12.6 Å². The van der Waals surface area contributed by atoms with Gasteiger partial charge in [-0.15, -0.1) is 0 Å². The maximum atomic E-state index is 12.9. The van der Waals surface area contributed by atoms with E-state index in [0.29, 0.717) is 16.7 Å². The summed E-state index contributed by atoms with van der Waals surface area (Å²) in [7, 11) is 0. The lowest BCUT2D eigenvalue weighted by Crippen LogP contribution is -2.28. The fraction of sp³-hybridized carbons (Fsp3) is 0.211. The third kappa shape index (κ3) is 3.73. The minimum Gasteiger partial charge on any atom is -0.326 e. The fourth-order valence-electron chi connectivity index (χ4n) is 3.34. The molecule has 2 aromatic carbocycles. The maximum Gasteiger partial charge on any atom is 0.416 e. The van der Waals surface area contributed by atoms with Crippen LogP contribution in [0.25, 0.3) is 11.0 Å². The first-order valence-corrected chi connectivity index (χ1v) is 8.71. The Kier molecular flexibility index (Phi) is 4.40. The minimum atomic E-state index is -4.52. The largest absolute Gasteiger partial charge is 0.416 e. The SMILES string of the molecule is O=C(Nc1ccc2[nH]c(=O)[nH]c2c1)[C@@H]1CC(=O)N(c2cccc(C(F)(F)F)c2)C1. The number of hydrogen-bond donors (Lipinski definition) is 3. The molecule has 7 nitrogen and oxygen atoms in total. The number of nitrogens with one attached hydrogen (secondary N) is 3. The number of alkyl halides is 3. The molecule has 4 rings (SSSR count). The number of nitrogens with zero attached hydrogens (tertiary/aromatic N) is 1. The molecule has 1 fully saturated rings. The summed E-state index contributed by atoms with van der Waals surface area (Å²) in [5.74, 6) is -1.56. The summed E-state index contributed by atoms with van der Waals surface area (Å²) in [5.41, 5.74) is 0.404. The van der Waals surface area contributed by atoms with Crippen LogP contribution in [0.5, 0.6) is 0 Å². The van der Waals surface area contributed by atoms with Crippen molar-refractivity contribution in [3.8, 4) is 0 Å². The van der Waals surface area contributed by atoms with E-state index >= 15 is 0 Å². The van der Waals surface area contributed by atoms with Gasteiger partial charge in [-0.2, -0.15) is 13.2 Å². The van der Waals surface area contributed by atoms with Gasteiger partial charge in [0.1, 0.15) is 0 Å². The van der Waals surface area contributed by atoms with Crippen molar-refractivity contribution in [3.63, 3.8) is 0 Å². The highest BCUT2D eigenvalue weighted by molar-refractivity contribution is 6.04. The zero-order valence-corrected chi connectivity index (χ0v) is 14.8. The van der Waals surface area contributed by atoms with Gasteiger partial charge in [0, 0.05) is 24.3 Å². The number of anilines is 2. The molecule has 0 spiro atoms. The van der Waals surface area contributed by atoms with Crippen LogP contribution in [0.4, 0.5) is 24.5 Å². The molecule has 2 amide bonds. The van der Waals surface area contributed by atoms with Crippen LogP contribution in [-0.4, -0.2) is 28.3 Å². The smallest absolute Gasteiger partial charge is 0.326 e. The second kappa shape index (κ2) is 6.80. The van der Waals surface area contributed by atoms with E-state index in [0.717, 1.165) is 12.1 Å². The number of carbonyl (C=O) groups is 2. The van der Waals surface area contributed by atoms with E-state index in [2.05, 4.69) is 15.3 Å². The molecule has 0 aliphatic carbocycles. The summed E-state index contributed by atoms with van der Waals surface area (Å²) in [6, 6.07) is 9.26. The number of fused-ring (bicyclic) bond motifs is 1. The minimum absolute atomic E-state index is 0.0186. The summed E-state index contributed by atoms with van der Waals surface area (Å²) in [6.07, 6.45) is -4.63. The Morgan fingerprint density at radius 3 is 2.59 bits per heavy atom. The summed E-state index contributed by atoms with van der Waals surface area (Å²) >= 11 is 0. The van der Waals surface area contributed by atoms with Gasteiger partial charge >= 0.3 is 11.9 Å². The molecular weight excluding hydrogens is 389 g/mol. The highest BCUT2D eigenvalue weighted by Crippen LogP contribution is 2.33. The van der Waals surface area contributed by atoms with Crippen LogP contribution in [0.3, 0.4) is 0 Å². The van der Waals surface area contributed by atoms with Gasteiger partial charge in [0.2, 0.25) is 11.8 Å². The molecule has 3 aromatic rings. The molecule has 29 heavy (non-hydrogen) atoms. The molecule has 3 N–H and O–H groups in total. The van der Waals surface area contributed by atoms with Crippen LogP contribution in [0.15, 0.2) is 47.3 Å². The summed E-state index contributed by atoms with van der Waals surface area (Å²) in [5, 5.41) is 2.68. The molecule has 1 atom stereocenters. The zero-order chi connectivity index (χ0) is 20.8. The van der Waals surface area contributed by atoms with E-state index in [9.17, 15) is 27.6 Å². The Hall–Kier alpha value is -3.56. The van der Waals surface area contributed by atoms with Gasteiger partial charge in [0.25, 0.3) is 0 Å². The Labute approximate surface area is 161 Å². The first-order chi connectivity index (χ1) is 13.7. The first kappa shape index (κ1) is 18.8. The third-order valence-corrected chi connectivity index (χ3v) is 4.76. The molecule has 0 radical (unpaired) electrons. The number of halogens is 3. The molecule has 1 aliphatic rings. The van der Waals surface area contributed by atoms with Crippen LogP contribution >= 0.6 is 0 Å². The topological polar surface area (TPSA) is 98.1 Å². The van der Waals surface area contributed by atoms with Gasteiger partial charge in [0.15, 0.2) is 0 Å². The number of benzene rings is 2. The lowest BCUT2D eigenvalue weighted by molar-refractivity contribution is -0.137. The van der Waals surface area contributed by atoms with Gasteiger partial charge in [-0.3, -0.25) is 9.59 Å². The van der Waals surface area contributed by atoms with E-state index < -0.39 is 29.5 Å². The fourth-order valence-corrected chi connectivity index (χ4v) is 3.34. The predicted octanol–water partition coefficient (Wildman–Crippen LogP) is 2.87. The summed E-state index contributed by atoms with van der Waals surface area (Å²) < 4.78 is 38.8. The van der Waals surface area contributed by atoms with Crippen molar-refractivity contribution in [1.82, 2.24) is 9.97 Å². The Morgan fingerprint density at radius 2 is 1.83 bits per heavy atom. The second-order valence-corrected chi connectivity index (χ2v) is 6.78. The number of imidazole rings is 1. The highest BCUT2D eigenvalue weighted by Gasteiger charge is 2.37. The monoisotopic (exact) mass is 404 g/mol. The number of aromatic nitrogens is 2. The molecule has 1 aliphatic heterocycles. The van der Waals surface area contributed by atoms with Crippen LogP contribution in [0.1, 0.15) is 12.0 Å². The normalized spacial score (nSPS) is 17.1. The van der Waals surface area contributed by atoms with Crippen LogP contribution < -0.4 is 15.9 Å². The van der Waals surface area contributed by atoms with Crippen molar-refractivity contribution in [1.29, 1.82) is 0 Å². The van der Waals surface area contributed by atoms with Crippen molar-refractivity contribution >= 4 is 34.2 Å². The highest BCUT2D eigenvalue weighted by atomic mass is 19.4. The van der Waals surface area contributed by atoms with Gasteiger partial charge in [0.05, 0.1) is 22.5 Å². The van der Waals surface area contributed by atoms with E-state index in [1.54, 1.807) is 18.2 Å². The molecule has 0 unspecified atom stereocenters. The molecule has 150 valence electrons. The summed E-state index contributed by atoms with van der Waals surface area (Å²) in [4.78, 5) is 42.5. The number of rotatable bonds is 3. The van der Waals surface area contributed by atoms with E-state index in [4.69, 9.17) is 0 Å². The lowest BCUT2D eigenvalue weighted by Gasteiger charge is -2.18. The van der Waals surface area contributed by atoms with Crippen molar-refractivity contribution in [2.75, 3.05) is 16.8 Å². The Morgan fingerprint density at radius 1 is 1.07 bits per heavy atom. The first-order valence-electron chi connectivity index (χ1n) is 8.71. The third-order valence-electron chi connectivity index (χ3n) is 4.76. The van der Waals surface area contributed by atoms with Crippen LogP contribution in [0.2, 0.25) is 0 Å². The maximum absolute atomic E-state index is 12.9. The van der Waals surface area contributed by atoms with Crippen molar-refractivity contribution in [2.24, 2.45) is 5.92 Å². The second-order valence-electron chi connectivity index (χ2n) is 6.78. The van der Waals surface area contributed by atoms with Crippen molar-refractivity contribution < 1.29 is 22.8 Å². The average molecular weight is 404 g/mol. The van der Waals surface area contributed by atoms with Gasteiger partial charge in [-0.25, -0.2) is 4.79 Å². The molecular formula is C19H15F3N4O3. The number of H-pyrrole nitrogens is 2. The standard InChI is InChI=1S/C19H15F3N4O3/c20-19(21,22)11-2-1-3-13(7-11)26-9-10(6-16(26)27)17(28)23-12-4-5-14-15(8-12)25-18(29)24-14/h1-5,7-8,10H,6,9H2,(H,23,28)(H2,24,25,29)/t10-/m1/s1. The number of hydrogen-bond acceptors (Lipinski definition) is 3. The average Bonchev–Trinajstić information content (AvgIpc) is 3.22. The lowest BCUT2D eigenvalue weighted by atomic mass is 10.1. The molecule has 0 bridgehead atoms. The van der Waals surface area contributed by atoms with Gasteiger partial charge in [-0.1, -0.05) is 6.07 Å². The van der Waals surface area contributed by atoms with E-state index in [1.165, 1.54) is 17.0 Å². The zero-order valence-electron chi connectivity index (χ0n) is 14.8. The molecule has 1 saturated heterocycles. The van der Waals surface area contributed by atoms with E-state index in [1.807, 2.05) is 0 Å². The number of aromatic amines is 2. The molecule has 1 aromatic heterocycles. The summed E-state index contributed by atoms with van der Waals surface area (Å²) in [6.45, 7) is -0.0186. The van der Waals surface area contributed by atoms with Gasteiger partial charge < -0.3 is 20.2 Å². The quantitative estimate of drug-likeness (QED) is 0.626. The van der Waals surface area contributed by atoms with Crippen LogP contribution in [-0.2, 0) is 15.8 Å². The van der Waals surface area contributed by atoms with Crippen molar-refractivity contribution in [3.05, 3.63) is 58.5 Å². The molecule has 0 saturated carbocycles. The Balaban J connectivity index is 1.49. The van der Waals surface area contributed by atoms with Gasteiger partial charge in [-0.05, 0) is 36.4 Å². The molecule has 2 heterocycles.